The summed E-state index contributed by atoms with van der Waals surface area (Å²) in [5.74, 6) is -5.32. The molecule has 3 heterocycles. The topological polar surface area (TPSA) is 600 Å². The molecule has 0 aliphatic carbocycles. The minimum Gasteiger partial charge on any atom is -0.481 e. The van der Waals surface area contributed by atoms with E-state index in [1.165, 1.54) is 20.8 Å². The van der Waals surface area contributed by atoms with E-state index in [1.54, 1.807) is 27.7 Å². The van der Waals surface area contributed by atoms with Crippen LogP contribution in [0.1, 0.15) is 106 Å². The fourth-order valence-electron chi connectivity index (χ4n) is 11.4. The number of unbranched alkanes of at least 4 members (excludes halogenated alkanes) is 2. The number of carboxylic acid groups (broad SMARTS) is 1. The number of hydrogen-bond donors (Lipinski definition) is 18. The fraction of sp³-hybridized carbons (Fsp3) is 0.873. The average molecular weight is 1650 g/mol. The smallest absolute Gasteiger partial charge is 0.303 e. The molecule has 0 bridgehead atoms. The SMILES string of the molecule is CC(=O)NC1[C@H](OCCOCCOCCOCC(=O)N[C@@H](CCCCNC(=O)COCCOCCOCCO[C@@H]2O[C@H](CO)[C@H](O)[C@H](O)[C@H]2NC(C)=O)C(=O)N[C@@H](CCCCNC(=O)COCCOCCOCCO[C@@H]2O[C@H](CO)[C@H](O)[C@H](O)[C@H]2NC(C)=O)C(=O)NC(C)(C)CCOC(C)(C)CCC(=O)O)O[C@H](CO)[C@H](O)[C@@H]1O. The molecule has 0 spiro atoms. The van der Waals surface area contributed by atoms with Crippen molar-refractivity contribution in [2.45, 2.75) is 221 Å². The van der Waals surface area contributed by atoms with Crippen molar-refractivity contribution in [3.8, 4) is 0 Å². The highest BCUT2D eigenvalue weighted by molar-refractivity contribution is 5.92. The summed E-state index contributed by atoms with van der Waals surface area (Å²) in [6, 6.07) is -5.72. The quantitative estimate of drug-likeness (QED) is 0.0252. The summed E-state index contributed by atoms with van der Waals surface area (Å²) >= 11 is 0. The van der Waals surface area contributed by atoms with Crippen LogP contribution in [-0.2, 0) is 119 Å². The summed E-state index contributed by atoms with van der Waals surface area (Å²) in [5.41, 5.74) is -1.71. The summed E-state index contributed by atoms with van der Waals surface area (Å²) in [4.78, 5) is 114. The number of carbonyl (C=O) groups excluding carboxylic acids is 8. The zero-order valence-corrected chi connectivity index (χ0v) is 66.4. The second-order valence-electron chi connectivity index (χ2n) is 28.2. The van der Waals surface area contributed by atoms with E-state index in [9.17, 15) is 94.2 Å². The van der Waals surface area contributed by atoms with Gasteiger partial charge in [-0.3, -0.25) is 43.2 Å². The van der Waals surface area contributed by atoms with Gasteiger partial charge < -0.3 is 169 Å². The zero-order chi connectivity index (χ0) is 84.4. The fourth-order valence-corrected chi connectivity index (χ4v) is 11.4. The number of nitrogens with one attached hydrogen (secondary N) is 8. The first-order chi connectivity index (χ1) is 54.3. The summed E-state index contributed by atoms with van der Waals surface area (Å²) < 4.78 is 89.1. The van der Waals surface area contributed by atoms with E-state index in [2.05, 4.69) is 42.5 Å². The minimum absolute atomic E-state index is 0.0260. The monoisotopic (exact) mass is 1650 g/mol. The van der Waals surface area contributed by atoms with Gasteiger partial charge in [-0.15, -0.1) is 0 Å². The Morgan fingerprint density at radius 1 is 0.386 bits per heavy atom. The number of rotatable bonds is 64. The molecular formula is C71H128N8O35. The van der Waals surface area contributed by atoms with Gasteiger partial charge in [0.2, 0.25) is 47.3 Å². The molecule has 0 aromatic carbocycles. The molecule has 0 saturated carbocycles. The average Bonchev–Trinajstić information content (AvgIpc) is 0.814. The van der Waals surface area contributed by atoms with Gasteiger partial charge in [0.15, 0.2) is 18.9 Å². The van der Waals surface area contributed by atoms with Crippen molar-refractivity contribution in [2.24, 2.45) is 0 Å². The highest BCUT2D eigenvalue weighted by Gasteiger charge is 2.48. The summed E-state index contributed by atoms with van der Waals surface area (Å²) in [6.07, 6.45) is -14.0. The maximum absolute atomic E-state index is 14.4. The first-order valence-corrected chi connectivity index (χ1v) is 38.4. The lowest BCUT2D eigenvalue weighted by Crippen LogP contribution is -2.64. The Hall–Kier alpha value is -5.77. The van der Waals surface area contributed by atoms with E-state index in [4.69, 9.17) is 75.8 Å². The van der Waals surface area contributed by atoms with E-state index in [0.717, 1.165) is 0 Å². The summed E-state index contributed by atoms with van der Waals surface area (Å²) in [5, 5.41) is 121. The second kappa shape index (κ2) is 58.2. The van der Waals surface area contributed by atoms with Gasteiger partial charge in [0.1, 0.15) is 105 Å². The van der Waals surface area contributed by atoms with Crippen molar-refractivity contribution in [3.63, 3.8) is 0 Å². The lowest BCUT2D eigenvalue weighted by Gasteiger charge is -2.42. The van der Waals surface area contributed by atoms with Gasteiger partial charge in [0.05, 0.1) is 144 Å². The third-order valence-electron chi connectivity index (χ3n) is 17.6. The molecule has 8 amide bonds. The number of aliphatic hydroxyl groups excluding tert-OH is 9. The predicted molar refractivity (Wildman–Crippen MR) is 393 cm³/mol. The van der Waals surface area contributed by atoms with E-state index in [1.807, 2.05) is 0 Å². The van der Waals surface area contributed by atoms with Gasteiger partial charge in [-0.05, 0) is 79.1 Å². The van der Waals surface area contributed by atoms with Gasteiger partial charge >= 0.3 is 5.97 Å². The van der Waals surface area contributed by atoms with Crippen LogP contribution in [0.3, 0.4) is 0 Å². The Balaban J connectivity index is 1.54. The molecule has 114 heavy (non-hydrogen) atoms. The number of hydrogen-bond acceptors (Lipinski definition) is 34. The van der Waals surface area contributed by atoms with Crippen LogP contribution >= 0.6 is 0 Å². The van der Waals surface area contributed by atoms with Crippen LogP contribution < -0.4 is 42.5 Å². The van der Waals surface area contributed by atoms with E-state index in [0.29, 0.717) is 19.3 Å². The van der Waals surface area contributed by atoms with Crippen LogP contribution in [-0.4, -0.2) is 398 Å². The van der Waals surface area contributed by atoms with Gasteiger partial charge in [0.25, 0.3) is 0 Å². The van der Waals surface area contributed by atoms with Crippen LogP contribution in [0, 0.1) is 0 Å². The summed E-state index contributed by atoms with van der Waals surface area (Å²) in [7, 11) is 0. The highest BCUT2D eigenvalue weighted by Crippen LogP contribution is 2.26. The number of aliphatic carboxylic acids is 1. The lowest BCUT2D eigenvalue weighted by atomic mass is 9.97. The predicted octanol–water partition coefficient (Wildman–Crippen LogP) is -7.50. The Labute approximate surface area is 663 Å². The standard InChI is InChI=1S/C71H128N8O35/c1-44(83)74-56-62(94)59(91)49(38-80)112-67(56)108-35-32-102-23-20-99-26-29-105-41-52(86)72-17-10-8-12-47(77-54(88)43-107-31-28-101-22-25-104-34-37-110-69-58(76-46(3)85)64(96)61(93)51(40-82)114-69)65(97)78-48(66(98)79-70(4,5)16-19-111-71(6,7)15-14-55(89)90)13-9-11-18-73-53(87)42-106-30-27-100-21-24-103-33-36-109-68-57(75-45(2)84)63(95)60(92)50(39-81)113-68/h47-51,56-64,67-69,80-82,91-96H,8-43H2,1-7H3,(H,72,86)(H,73,87)(H,74,83)(H,75,84)(H,76,85)(H,77,88)(H,78,97)(H,79,98)(H,89,90)/t47-,48-,49+,50+,51+,56+,57+,58?,59-,60-,61-,62+,63+,64+,67+,68+,69+/m0/s1. The molecule has 662 valence electrons. The number of carbonyl (C=O) groups is 9. The van der Waals surface area contributed by atoms with Gasteiger partial charge in [-0.25, -0.2) is 0 Å². The molecule has 0 aromatic rings. The Morgan fingerprint density at radius 2 is 0.702 bits per heavy atom. The van der Waals surface area contributed by atoms with Crippen LogP contribution in [0.25, 0.3) is 0 Å². The molecule has 3 saturated heterocycles. The van der Waals surface area contributed by atoms with Gasteiger partial charge in [-0.1, -0.05) is 0 Å². The molecule has 43 heteroatoms. The molecule has 0 radical (unpaired) electrons. The normalized spacial score (nSPS) is 24.4. The molecule has 0 aromatic heterocycles. The molecule has 3 aliphatic heterocycles. The van der Waals surface area contributed by atoms with Crippen LogP contribution in [0.4, 0.5) is 0 Å². The second-order valence-corrected chi connectivity index (χ2v) is 28.2. The van der Waals surface area contributed by atoms with Crippen molar-refractivity contribution in [1.29, 1.82) is 0 Å². The maximum Gasteiger partial charge on any atom is 0.303 e. The van der Waals surface area contributed by atoms with Crippen molar-refractivity contribution < 1.29 is 170 Å². The third kappa shape index (κ3) is 43.1. The Kier molecular flexibility index (Phi) is 52.3. The minimum atomic E-state index is -1.48. The molecule has 3 rings (SSSR count). The van der Waals surface area contributed by atoms with Crippen LogP contribution in [0.15, 0.2) is 0 Å². The van der Waals surface area contributed by atoms with Crippen molar-refractivity contribution in [3.05, 3.63) is 0 Å². The first kappa shape index (κ1) is 102. The van der Waals surface area contributed by atoms with Gasteiger partial charge in [-0.2, -0.15) is 0 Å². The van der Waals surface area contributed by atoms with E-state index in [-0.39, 0.29) is 190 Å². The van der Waals surface area contributed by atoms with Crippen molar-refractivity contribution >= 4 is 53.2 Å². The Morgan fingerprint density at radius 3 is 1.03 bits per heavy atom. The maximum atomic E-state index is 14.4. The summed E-state index contributed by atoms with van der Waals surface area (Å²) in [6.45, 7) is 9.45. The third-order valence-corrected chi connectivity index (χ3v) is 17.6. The number of aliphatic hydroxyl groups is 9. The van der Waals surface area contributed by atoms with Crippen LogP contribution in [0.2, 0.25) is 0 Å². The molecule has 18 N–H and O–H groups in total. The molecule has 3 fully saturated rings. The largest absolute Gasteiger partial charge is 0.481 e. The molecule has 1 unspecified atom stereocenters. The highest BCUT2D eigenvalue weighted by atomic mass is 16.7. The van der Waals surface area contributed by atoms with E-state index < -0.39 is 195 Å². The molecule has 17 atom stereocenters. The molecular weight excluding hydrogens is 1520 g/mol. The number of ether oxygens (including phenoxy) is 16. The lowest BCUT2D eigenvalue weighted by molar-refractivity contribution is -0.272. The number of carboxylic acids is 1. The van der Waals surface area contributed by atoms with Crippen molar-refractivity contribution in [2.75, 3.05) is 178 Å². The first-order valence-electron chi connectivity index (χ1n) is 38.4. The zero-order valence-electron chi connectivity index (χ0n) is 66.4. The van der Waals surface area contributed by atoms with Crippen molar-refractivity contribution in [1.82, 2.24) is 42.5 Å². The Bertz CT molecular complexity index is 2740. The molecule has 3 aliphatic rings. The van der Waals surface area contributed by atoms with Crippen LogP contribution in [0.5, 0.6) is 0 Å². The molecule has 43 nitrogen and oxygen atoms in total. The van der Waals surface area contributed by atoms with Gasteiger partial charge in [0, 0.05) is 52.4 Å². The number of amides is 8. The van der Waals surface area contributed by atoms with E-state index >= 15 is 0 Å².